The van der Waals surface area contributed by atoms with Gasteiger partial charge in [-0.25, -0.2) is 22.7 Å². The van der Waals surface area contributed by atoms with Gasteiger partial charge in [0.25, 0.3) is 5.91 Å². The highest BCUT2D eigenvalue weighted by Gasteiger charge is 2.21. The number of nitrogens with one attached hydrogen (secondary N) is 3. The third-order valence-electron chi connectivity index (χ3n) is 3.04. The molecule has 3 amide bonds. The Morgan fingerprint density at radius 3 is 2.15 bits per heavy atom. The third-order valence-corrected chi connectivity index (χ3v) is 4.61. The summed E-state index contributed by atoms with van der Waals surface area (Å²) in [5, 5.41) is 4.53. The monoisotopic (exact) mass is 385 g/mol. The molecule has 0 bridgehead atoms. The molecule has 144 valence electrons. The van der Waals surface area contributed by atoms with Crippen molar-refractivity contribution in [3.63, 3.8) is 0 Å². The summed E-state index contributed by atoms with van der Waals surface area (Å²) >= 11 is 0. The quantitative estimate of drug-likeness (QED) is 0.594. The maximum Gasteiger partial charge on any atom is 0.338 e. The molecule has 0 saturated carbocycles. The number of imide groups is 1. The number of rotatable bonds is 7. The first kappa shape index (κ1) is 21.6. The zero-order valence-electron chi connectivity index (χ0n) is 15.0. The van der Waals surface area contributed by atoms with E-state index in [1.807, 2.05) is 0 Å². The number of carbonyl (C=O) groups excluding carboxylic acids is 3. The summed E-state index contributed by atoms with van der Waals surface area (Å²) in [5.74, 6) is -1.59. The maximum atomic E-state index is 12.0. The van der Waals surface area contributed by atoms with Crippen molar-refractivity contribution in [3.8, 4) is 0 Å². The van der Waals surface area contributed by atoms with E-state index in [-0.39, 0.29) is 23.0 Å². The molecule has 0 saturated heterocycles. The van der Waals surface area contributed by atoms with E-state index in [1.165, 1.54) is 31.2 Å². The van der Waals surface area contributed by atoms with Crippen molar-refractivity contribution in [2.24, 2.45) is 0 Å². The van der Waals surface area contributed by atoms with Crippen LogP contribution in [-0.2, 0) is 19.6 Å². The van der Waals surface area contributed by atoms with Crippen LogP contribution in [0.15, 0.2) is 29.2 Å². The van der Waals surface area contributed by atoms with Gasteiger partial charge in [0.1, 0.15) is 0 Å². The first-order valence-electron chi connectivity index (χ1n) is 7.99. The first-order chi connectivity index (χ1) is 12.1. The van der Waals surface area contributed by atoms with Gasteiger partial charge in [0, 0.05) is 12.6 Å². The summed E-state index contributed by atoms with van der Waals surface area (Å²) in [7, 11) is -3.62. The molecule has 1 aromatic rings. The Morgan fingerprint density at radius 2 is 1.65 bits per heavy atom. The van der Waals surface area contributed by atoms with Gasteiger partial charge < -0.3 is 10.1 Å². The van der Waals surface area contributed by atoms with E-state index < -0.39 is 34.0 Å². The van der Waals surface area contributed by atoms with E-state index in [2.05, 4.69) is 15.4 Å². The molecule has 9 nitrogen and oxygen atoms in total. The first-order valence-corrected chi connectivity index (χ1v) is 9.47. The Hall–Kier alpha value is -2.46. The molecule has 0 aromatic heterocycles. The maximum absolute atomic E-state index is 12.0. The number of carbonyl (C=O) groups is 3. The van der Waals surface area contributed by atoms with Crippen molar-refractivity contribution in [1.29, 1.82) is 0 Å². The van der Waals surface area contributed by atoms with Gasteiger partial charge in [0.2, 0.25) is 10.0 Å². The molecule has 3 N–H and O–H groups in total. The van der Waals surface area contributed by atoms with Crippen LogP contribution < -0.4 is 15.4 Å². The number of hydrogen-bond acceptors (Lipinski definition) is 6. The Morgan fingerprint density at radius 1 is 1.08 bits per heavy atom. The summed E-state index contributed by atoms with van der Waals surface area (Å²) in [5.41, 5.74) is 0.0757. The molecule has 1 rings (SSSR count). The molecule has 0 unspecified atom stereocenters. The van der Waals surface area contributed by atoms with Gasteiger partial charge in [-0.15, -0.1) is 0 Å². The highest BCUT2D eigenvalue weighted by molar-refractivity contribution is 7.89. The summed E-state index contributed by atoms with van der Waals surface area (Å²) in [4.78, 5) is 35.3. The van der Waals surface area contributed by atoms with Gasteiger partial charge in [0.15, 0.2) is 6.10 Å². The molecule has 1 aromatic carbocycles. The smallest absolute Gasteiger partial charge is 0.338 e. The number of esters is 1. The molecule has 0 radical (unpaired) electrons. The Labute approximate surface area is 152 Å². The third kappa shape index (κ3) is 6.45. The van der Waals surface area contributed by atoms with Crippen LogP contribution in [0.1, 0.15) is 38.1 Å². The second kappa shape index (κ2) is 9.30. The molecule has 0 aliphatic rings. The standard InChI is InChI=1S/C16H23N3O6S/c1-5-17-26(23,24)13-8-6-12(7-9-13)15(21)25-11(4)14(20)19-16(22)18-10(2)3/h6-11,17H,5H2,1-4H3,(H2,18,19,20,22)/t11-/m1/s1. The molecule has 0 spiro atoms. The molecule has 0 aliphatic heterocycles. The lowest BCUT2D eigenvalue weighted by Crippen LogP contribution is -2.46. The average molecular weight is 385 g/mol. The normalized spacial score (nSPS) is 12.3. The van der Waals surface area contributed by atoms with E-state index in [9.17, 15) is 22.8 Å². The van der Waals surface area contributed by atoms with Crippen molar-refractivity contribution in [3.05, 3.63) is 29.8 Å². The molecular weight excluding hydrogens is 362 g/mol. The second-order valence-electron chi connectivity index (χ2n) is 5.69. The highest BCUT2D eigenvalue weighted by atomic mass is 32.2. The van der Waals surface area contributed by atoms with Gasteiger partial charge in [-0.3, -0.25) is 10.1 Å². The molecule has 26 heavy (non-hydrogen) atoms. The molecular formula is C16H23N3O6S. The number of ether oxygens (including phenoxy) is 1. The van der Waals surface area contributed by atoms with E-state index >= 15 is 0 Å². The largest absolute Gasteiger partial charge is 0.449 e. The lowest BCUT2D eigenvalue weighted by Gasteiger charge is -2.14. The zero-order valence-corrected chi connectivity index (χ0v) is 15.8. The van der Waals surface area contributed by atoms with Gasteiger partial charge in [-0.2, -0.15) is 0 Å². The minimum atomic E-state index is -3.62. The fourth-order valence-electron chi connectivity index (χ4n) is 1.84. The van der Waals surface area contributed by atoms with Gasteiger partial charge in [0.05, 0.1) is 10.5 Å². The van der Waals surface area contributed by atoms with Crippen molar-refractivity contribution in [2.75, 3.05) is 6.54 Å². The molecule has 10 heteroatoms. The zero-order chi connectivity index (χ0) is 19.9. The molecule has 1 atom stereocenters. The average Bonchev–Trinajstić information content (AvgIpc) is 2.53. The lowest BCUT2D eigenvalue weighted by atomic mass is 10.2. The fraction of sp³-hybridized carbons (Fsp3) is 0.438. The highest BCUT2D eigenvalue weighted by Crippen LogP contribution is 2.12. The Balaban J connectivity index is 2.70. The summed E-state index contributed by atoms with van der Waals surface area (Å²) < 4.78 is 31.0. The van der Waals surface area contributed by atoms with Crippen LogP contribution in [0.4, 0.5) is 4.79 Å². The number of hydrogen-bond donors (Lipinski definition) is 3. The lowest BCUT2D eigenvalue weighted by molar-refractivity contribution is -0.127. The summed E-state index contributed by atoms with van der Waals surface area (Å²) in [6.45, 7) is 6.67. The van der Waals surface area contributed by atoms with Crippen LogP contribution in [-0.4, -0.2) is 45.0 Å². The van der Waals surface area contributed by atoms with Crippen LogP contribution in [0, 0.1) is 0 Å². The van der Waals surface area contributed by atoms with Crippen LogP contribution in [0.25, 0.3) is 0 Å². The van der Waals surface area contributed by atoms with Gasteiger partial charge in [-0.1, -0.05) is 6.92 Å². The van der Waals surface area contributed by atoms with Crippen LogP contribution in [0.5, 0.6) is 0 Å². The second-order valence-corrected chi connectivity index (χ2v) is 7.46. The van der Waals surface area contributed by atoms with Crippen LogP contribution >= 0.6 is 0 Å². The molecule has 0 fully saturated rings. The van der Waals surface area contributed by atoms with Crippen LogP contribution in [0.2, 0.25) is 0 Å². The SMILES string of the molecule is CCNS(=O)(=O)c1ccc(C(=O)O[C@H](C)C(=O)NC(=O)NC(C)C)cc1. The van der Waals surface area contributed by atoms with Crippen molar-refractivity contribution < 1.29 is 27.5 Å². The van der Waals surface area contributed by atoms with E-state index in [1.54, 1.807) is 20.8 Å². The summed E-state index contributed by atoms with van der Waals surface area (Å²) in [6.07, 6.45) is -1.20. The van der Waals surface area contributed by atoms with Gasteiger partial charge in [-0.05, 0) is 45.0 Å². The van der Waals surface area contributed by atoms with Gasteiger partial charge >= 0.3 is 12.0 Å². The molecule has 0 aliphatic carbocycles. The number of amides is 3. The van der Waals surface area contributed by atoms with Crippen molar-refractivity contribution >= 4 is 27.9 Å². The fourth-order valence-corrected chi connectivity index (χ4v) is 2.88. The topological polar surface area (TPSA) is 131 Å². The number of urea groups is 1. The minimum Gasteiger partial charge on any atom is -0.449 e. The van der Waals surface area contributed by atoms with E-state index in [0.29, 0.717) is 0 Å². The predicted molar refractivity (Wildman–Crippen MR) is 94.0 cm³/mol. The Bertz CT molecular complexity index is 759. The predicted octanol–water partition coefficient (Wildman–Crippen LogP) is 0.764. The number of benzene rings is 1. The summed E-state index contributed by atoms with van der Waals surface area (Å²) in [6, 6.07) is 4.24. The Kier molecular flexibility index (Phi) is 7.72. The molecule has 0 heterocycles. The van der Waals surface area contributed by atoms with Crippen molar-refractivity contribution in [2.45, 2.75) is 44.7 Å². The van der Waals surface area contributed by atoms with Crippen LogP contribution in [0.3, 0.4) is 0 Å². The minimum absolute atomic E-state index is 0.00653. The van der Waals surface area contributed by atoms with E-state index in [0.717, 1.165) is 0 Å². The van der Waals surface area contributed by atoms with Crippen molar-refractivity contribution in [1.82, 2.24) is 15.4 Å². The number of sulfonamides is 1. The van der Waals surface area contributed by atoms with E-state index in [4.69, 9.17) is 4.74 Å².